The maximum Gasteiger partial charge on any atom is 0.254 e. The molecule has 0 fully saturated rings. The van der Waals surface area contributed by atoms with Crippen molar-refractivity contribution in [2.24, 2.45) is 0 Å². The molecule has 0 bridgehead atoms. The number of ether oxygens (including phenoxy) is 4. The van der Waals surface area contributed by atoms with Crippen LogP contribution in [0.25, 0.3) is 0 Å². The second-order valence-electron chi connectivity index (χ2n) is 8.57. The van der Waals surface area contributed by atoms with Crippen molar-refractivity contribution in [3.05, 3.63) is 47.0 Å². The van der Waals surface area contributed by atoms with Crippen molar-refractivity contribution >= 4 is 11.8 Å². The van der Waals surface area contributed by atoms with Crippen LogP contribution in [0.4, 0.5) is 0 Å². The van der Waals surface area contributed by atoms with E-state index in [9.17, 15) is 9.59 Å². The maximum atomic E-state index is 13.8. The lowest BCUT2D eigenvalue weighted by Gasteiger charge is -2.40. The van der Waals surface area contributed by atoms with Gasteiger partial charge in [-0.15, -0.1) is 0 Å². The molecule has 0 spiro atoms. The van der Waals surface area contributed by atoms with Crippen molar-refractivity contribution in [1.29, 1.82) is 0 Å². The molecule has 196 valence electrons. The highest BCUT2D eigenvalue weighted by atomic mass is 16.5. The highest BCUT2D eigenvalue weighted by Crippen LogP contribution is 2.46. The van der Waals surface area contributed by atoms with Crippen LogP contribution in [0.2, 0.25) is 0 Å². The Morgan fingerprint density at radius 3 is 2.08 bits per heavy atom. The van der Waals surface area contributed by atoms with E-state index in [-0.39, 0.29) is 11.8 Å². The molecule has 3 rings (SSSR count). The van der Waals surface area contributed by atoms with Crippen LogP contribution in [-0.4, -0.2) is 83.3 Å². The number of nitrogens with zero attached hydrogens (tertiary/aromatic N) is 2. The summed E-state index contributed by atoms with van der Waals surface area (Å²) in [5.74, 6) is 0.918. The van der Waals surface area contributed by atoms with Crippen LogP contribution in [0.15, 0.2) is 30.3 Å². The Balaban J connectivity index is 2.12. The summed E-state index contributed by atoms with van der Waals surface area (Å²) < 4.78 is 21.8. The first-order valence-corrected chi connectivity index (χ1v) is 12.1. The number of rotatable bonds is 11. The predicted molar refractivity (Wildman–Crippen MR) is 137 cm³/mol. The molecule has 1 aliphatic heterocycles. The molecule has 2 atom stereocenters. The lowest BCUT2D eigenvalue weighted by molar-refractivity contribution is -0.124. The van der Waals surface area contributed by atoms with Crippen LogP contribution in [0.3, 0.4) is 0 Å². The average molecular weight is 500 g/mol. The van der Waals surface area contributed by atoms with Crippen LogP contribution in [-0.2, 0) is 4.79 Å². The minimum absolute atomic E-state index is 0.172. The Morgan fingerprint density at radius 1 is 0.917 bits per heavy atom. The van der Waals surface area contributed by atoms with E-state index in [0.29, 0.717) is 40.7 Å². The van der Waals surface area contributed by atoms with E-state index >= 15 is 0 Å². The Kier molecular flexibility index (Phi) is 9.03. The first kappa shape index (κ1) is 27.1. The lowest BCUT2D eigenvalue weighted by atomic mass is 9.79. The molecule has 0 aromatic heterocycles. The van der Waals surface area contributed by atoms with E-state index < -0.39 is 12.0 Å². The van der Waals surface area contributed by atoms with Gasteiger partial charge < -0.3 is 34.1 Å². The van der Waals surface area contributed by atoms with E-state index in [0.717, 1.165) is 25.2 Å². The van der Waals surface area contributed by atoms with E-state index in [4.69, 9.17) is 18.9 Å². The molecule has 1 heterocycles. The van der Waals surface area contributed by atoms with E-state index in [1.165, 1.54) is 14.2 Å². The van der Waals surface area contributed by atoms with Gasteiger partial charge in [-0.25, -0.2) is 0 Å². The van der Waals surface area contributed by atoms with Gasteiger partial charge in [0.15, 0.2) is 23.0 Å². The van der Waals surface area contributed by atoms with Crippen LogP contribution in [0.5, 0.6) is 23.0 Å². The topological polar surface area (TPSA) is 89.6 Å². The van der Waals surface area contributed by atoms with Crippen LogP contribution < -0.4 is 24.3 Å². The van der Waals surface area contributed by atoms with Crippen molar-refractivity contribution in [2.75, 3.05) is 61.7 Å². The zero-order valence-electron chi connectivity index (χ0n) is 22.2. The monoisotopic (exact) mass is 499 g/mol. The summed E-state index contributed by atoms with van der Waals surface area (Å²) in [5.41, 5.74) is 1.76. The molecule has 2 amide bonds. The van der Waals surface area contributed by atoms with Crippen molar-refractivity contribution in [1.82, 2.24) is 15.1 Å². The highest BCUT2D eigenvalue weighted by molar-refractivity contribution is 6.02. The van der Waals surface area contributed by atoms with Gasteiger partial charge in [-0.2, -0.15) is 0 Å². The first-order chi connectivity index (χ1) is 17.3. The van der Waals surface area contributed by atoms with Gasteiger partial charge in [-0.3, -0.25) is 9.59 Å². The minimum atomic E-state index is -0.683. The number of carbonyl (C=O) groups is 2. The fraction of sp³-hybridized carbons (Fsp3) is 0.481. The second-order valence-corrected chi connectivity index (χ2v) is 8.57. The molecule has 0 radical (unpaired) electrons. The zero-order chi connectivity index (χ0) is 26.4. The summed E-state index contributed by atoms with van der Waals surface area (Å²) in [6.07, 6.45) is 0. The fourth-order valence-electron chi connectivity index (χ4n) is 4.77. The molecule has 0 saturated carbocycles. The molecule has 9 nitrogen and oxygen atoms in total. The third-order valence-electron chi connectivity index (χ3n) is 6.83. The summed E-state index contributed by atoms with van der Waals surface area (Å²) in [5, 5.41) is 3.10. The van der Waals surface area contributed by atoms with Gasteiger partial charge in [0.1, 0.15) is 0 Å². The van der Waals surface area contributed by atoms with Crippen molar-refractivity contribution in [3.63, 3.8) is 0 Å². The molecular weight excluding hydrogens is 462 g/mol. The largest absolute Gasteiger partial charge is 0.493 e. The summed E-state index contributed by atoms with van der Waals surface area (Å²) in [7, 11) is 7.88. The normalized spacial score (nSPS) is 17.0. The quantitative estimate of drug-likeness (QED) is 0.508. The number of methoxy groups -OCH3 is 4. The van der Waals surface area contributed by atoms with Gasteiger partial charge in [0, 0.05) is 25.7 Å². The summed E-state index contributed by atoms with van der Waals surface area (Å²) >= 11 is 0. The van der Waals surface area contributed by atoms with Gasteiger partial charge in [-0.05, 0) is 48.5 Å². The number of hydrogen-bond acceptors (Lipinski definition) is 7. The first-order valence-electron chi connectivity index (χ1n) is 12.1. The van der Waals surface area contributed by atoms with Gasteiger partial charge >= 0.3 is 0 Å². The predicted octanol–water partition coefficient (Wildman–Crippen LogP) is 3.09. The minimum Gasteiger partial charge on any atom is -0.493 e. The van der Waals surface area contributed by atoms with Gasteiger partial charge in [0.2, 0.25) is 5.91 Å². The standard InChI is InChI=1S/C27H37N3O6/c1-8-30(9-2)13-12-28-26(31)24-18-15-22(35-6)23(36-7)16-19(18)27(32)29(3)25(24)17-10-11-20(33-4)21(14-17)34-5/h10-11,14-16,24-25H,8-9,12-13H2,1-7H3,(H,28,31). The number of nitrogens with one attached hydrogen (secondary N) is 1. The summed E-state index contributed by atoms with van der Waals surface area (Å²) in [4.78, 5) is 31.2. The highest BCUT2D eigenvalue weighted by Gasteiger charge is 2.43. The van der Waals surface area contributed by atoms with Crippen LogP contribution in [0.1, 0.15) is 47.3 Å². The molecule has 9 heteroatoms. The number of fused-ring (bicyclic) bond motifs is 1. The smallest absolute Gasteiger partial charge is 0.254 e. The van der Waals surface area contributed by atoms with E-state index in [2.05, 4.69) is 24.1 Å². The Hall–Kier alpha value is -3.46. The summed E-state index contributed by atoms with van der Waals surface area (Å²) in [6.45, 7) is 7.23. The Labute approximate surface area is 213 Å². The average Bonchev–Trinajstić information content (AvgIpc) is 2.91. The third-order valence-corrected chi connectivity index (χ3v) is 6.83. The molecule has 0 saturated heterocycles. The molecule has 0 aliphatic carbocycles. The van der Waals surface area contributed by atoms with Crippen molar-refractivity contribution in [2.45, 2.75) is 25.8 Å². The van der Waals surface area contributed by atoms with Crippen LogP contribution >= 0.6 is 0 Å². The molecule has 2 unspecified atom stereocenters. The van der Waals surface area contributed by atoms with Gasteiger partial charge in [0.05, 0.1) is 40.4 Å². The molecule has 2 aromatic rings. The van der Waals surface area contributed by atoms with Gasteiger partial charge in [-0.1, -0.05) is 19.9 Å². The van der Waals surface area contributed by atoms with E-state index in [1.54, 1.807) is 44.4 Å². The summed E-state index contributed by atoms with van der Waals surface area (Å²) in [6, 6.07) is 8.27. The van der Waals surface area contributed by atoms with E-state index in [1.807, 2.05) is 12.1 Å². The van der Waals surface area contributed by atoms with Gasteiger partial charge in [0.25, 0.3) is 5.91 Å². The zero-order valence-corrected chi connectivity index (χ0v) is 22.2. The molecular formula is C27H37N3O6. The molecule has 2 aromatic carbocycles. The number of hydrogen-bond donors (Lipinski definition) is 1. The second kappa shape index (κ2) is 12.0. The maximum absolute atomic E-state index is 13.8. The Bertz CT molecular complexity index is 1090. The fourth-order valence-corrected chi connectivity index (χ4v) is 4.77. The number of likely N-dealkylation sites (N-methyl/N-ethyl adjacent to an activating group) is 2. The van der Waals surface area contributed by atoms with Crippen molar-refractivity contribution in [3.8, 4) is 23.0 Å². The number of benzene rings is 2. The van der Waals surface area contributed by atoms with Crippen molar-refractivity contribution < 1.29 is 28.5 Å². The number of carbonyl (C=O) groups excluding carboxylic acids is 2. The lowest BCUT2D eigenvalue weighted by Crippen LogP contribution is -2.46. The molecule has 36 heavy (non-hydrogen) atoms. The third kappa shape index (κ3) is 5.21. The Morgan fingerprint density at radius 2 is 1.50 bits per heavy atom. The SMILES string of the molecule is CCN(CC)CCNC(=O)C1c2cc(OC)c(OC)cc2C(=O)N(C)C1c1ccc(OC)c(OC)c1. The van der Waals surface area contributed by atoms with Crippen LogP contribution in [0, 0.1) is 0 Å². The number of amides is 2. The molecule has 1 N–H and O–H groups in total. The molecule has 1 aliphatic rings.